The molecule has 0 radical (unpaired) electrons. The number of allylic oxidation sites excluding steroid dienone is 1. The topological polar surface area (TPSA) is 105 Å². The van der Waals surface area contributed by atoms with Crippen LogP contribution in [0.25, 0.3) is 0 Å². The first-order chi connectivity index (χ1) is 19.6. The number of ketones is 1. The highest BCUT2D eigenvalue weighted by Crippen LogP contribution is 2.51. The predicted molar refractivity (Wildman–Crippen MR) is 168 cm³/mol. The summed E-state index contributed by atoms with van der Waals surface area (Å²) in [5.41, 5.74) is 10.7. The standard InChI is InChI=1S/C28H21Cl2N3O2S.C3H7NO/c1-15-21(27(35)33-18-7-3-2-4-8-18)22(19-9-5-6-10-20(19)30)23-24(31)26(36-28(23)32-15)25(34)16-11-13-17(29)14-12-16;1-4(2)3-5/h2-14,22,32H,31H2,1H3,(H,33,35);3H,1-2H3. The molecule has 0 bridgehead atoms. The minimum absolute atomic E-state index is 0.212. The molecular weight excluding hydrogens is 579 g/mol. The molecular formula is C31H28Cl2N4O3S. The second-order valence-electron chi connectivity index (χ2n) is 9.43. The number of hydrogen-bond acceptors (Lipinski definition) is 6. The predicted octanol–water partition coefficient (Wildman–Crippen LogP) is 7.04. The average molecular weight is 608 g/mol. The van der Waals surface area contributed by atoms with Crippen LogP contribution < -0.4 is 16.4 Å². The van der Waals surface area contributed by atoms with Gasteiger partial charge >= 0.3 is 0 Å². The van der Waals surface area contributed by atoms with E-state index in [1.54, 1.807) is 44.4 Å². The van der Waals surface area contributed by atoms with E-state index in [9.17, 15) is 14.4 Å². The molecule has 0 fully saturated rings. The fourth-order valence-electron chi connectivity index (χ4n) is 4.38. The third-order valence-corrected chi connectivity index (χ3v) is 8.01. The van der Waals surface area contributed by atoms with Gasteiger partial charge in [-0.25, -0.2) is 0 Å². The zero-order valence-corrected chi connectivity index (χ0v) is 24.9. The first-order valence-electron chi connectivity index (χ1n) is 12.5. The summed E-state index contributed by atoms with van der Waals surface area (Å²) >= 11 is 13.9. The number of carbonyl (C=O) groups excluding carboxylic acids is 3. The molecule has 2 heterocycles. The van der Waals surface area contributed by atoms with Crippen molar-refractivity contribution in [2.24, 2.45) is 0 Å². The number of rotatable bonds is 6. The lowest BCUT2D eigenvalue weighted by Crippen LogP contribution is -2.27. The van der Waals surface area contributed by atoms with E-state index in [-0.39, 0.29) is 11.7 Å². The molecule has 0 saturated heterocycles. The first-order valence-corrected chi connectivity index (χ1v) is 14.1. The zero-order chi connectivity index (χ0) is 29.7. The van der Waals surface area contributed by atoms with Gasteiger partial charge in [-0.3, -0.25) is 14.4 Å². The van der Waals surface area contributed by atoms with Crippen LogP contribution in [0.5, 0.6) is 0 Å². The number of carbonyl (C=O) groups is 3. The lowest BCUT2D eigenvalue weighted by atomic mass is 9.81. The van der Waals surface area contributed by atoms with Gasteiger partial charge in [-0.1, -0.05) is 59.6 Å². The van der Waals surface area contributed by atoms with Crippen LogP contribution in [-0.4, -0.2) is 37.1 Å². The van der Waals surface area contributed by atoms with Crippen molar-refractivity contribution in [2.45, 2.75) is 12.8 Å². The maximum atomic E-state index is 13.6. The van der Waals surface area contributed by atoms with Gasteiger partial charge in [0.2, 0.25) is 12.2 Å². The highest BCUT2D eigenvalue weighted by molar-refractivity contribution is 7.19. The number of benzene rings is 3. The van der Waals surface area contributed by atoms with E-state index >= 15 is 0 Å². The summed E-state index contributed by atoms with van der Waals surface area (Å²) in [6.07, 6.45) is 0.750. The van der Waals surface area contributed by atoms with Gasteiger partial charge in [-0.05, 0) is 55.0 Å². The Balaban J connectivity index is 0.000000714. The number of hydrogen-bond donors (Lipinski definition) is 3. The third-order valence-electron chi connectivity index (χ3n) is 6.28. The van der Waals surface area contributed by atoms with Gasteiger partial charge in [0, 0.05) is 58.1 Å². The Morgan fingerprint density at radius 1 is 0.976 bits per heavy atom. The Bertz CT molecular complexity index is 1620. The number of anilines is 3. The van der Waals surface area contributed by atoms with E-state index in [1.807, 2.05) is 55.5 Å². The van der Waals surface area contributed by atoms with Crippen LogP contribution in [0.1, 0.15) is 39.2 Å². The number of amides is 2. The fourth-order valence-corrected chi connectivity index (χ4v) is 5.92. The highest BCUT2D eigenvalue weighted by Gasteiger charge is 2.38. The Morgan fingerprint density at radius 3 is 2.20 bits per heavy atom. The molecule has 0 saturated carbocycles. The minimum atomic E-state index is -0.568. The summed E-state index contributed by atoms with van der Waals surface area (Å²) in [5.74, 6) is -1.06. The Kier molecular flexibility index (Phi) is 9.50. The van der Waals surface area contributed by atoms with Gasteiger partial charge in [-0.15, -0.1) is 11.3 Å². The molecule has 3 aromatic carbocycles. The molecule has 1 aliphatic heterocycles. The fraction of sp³-hybridized carbons (Fsp3) is 0.129. The molecule has 210 valence electrons. The van der Waals surface area contributed by atoms with Crippen LogP contribution in [0.4, 0.5) is 16.4 Å². The van der Waals surface area contributed by atoms with Gasteiger partial charge in [0.15, 0.2) is 0 Å². The minimum Gasteiger partial charge on any atom is -0.397 e. The van der Waals surface area contributed by atoms with Crippen LogP contribution in [0.15, 0.2) is 90.1 Å². The van der Waals surface area contributed by atoms with Crippen molar-refractivity contribution in [1.82, 2.24) is 4.90 Å². The smallest absolute Gasteiger partial charge is 0.254 e. The van der Waals surface area contributed by atoms with Crippen LogP contribution in [-0.2, 0) is 9.59 Å². The molecule has 4 aromatic rings. The lowest BCUT2D eigenvalue weighted by Gasteiger charge is -2.29. The summed E-state index contributed by atoms with van der Waals surface area (Å²) in [4.78, 5) is 38.3. The number of nitrogens with one attached hydrogen (secondary N) is 2. The van der Waals surface area contributed by atoms with Gasteiger partial charge in [0.1, 0.15) is 4.88 Å². The quantitative estimate of drug-likeness (QED) is 0.161. The van der Waals surface area contributed by atoms with Crippen molar-refractivity contribution in [3.8, 4) is 0 Å². The number of nitrogens with two attached hydrogens (primary N) is 1. The second kappa shape index (κ2) is 13.0. The van der Waals surface area contributed by atoms with Crippen LogP contribution in [0, 0.1) is 0 Å². The number of para-hydroxylation sites is 1. The van der Waals surface area contributed by atoms with Crippen LogP contribution in [0.2, 0.25) is 10.0 Å². The molecule has 2 amide bonds. The van der Waals surface area contributed by atoms with E-state index in [1.165, 1.54) is 16.2 Å². The van der Waals surface area contributed by atoms with Crippen molar-refractivity contribution in [3.05, 3.63) is 122 Å². The van der Waals surface area contributed by atoms with Gasteiger partial charge < -0.3 is 21.3 Å². The van der Waals surface area contributed by atoms with Crippen LogP contribution >= 0.6 is 34.5 Å². The summed E-state index contributed by atoms with van der Waals surface area (Å²) in [5, 5.41) is 8.05. The number of thiophene rings is 1. The molecule has 41 heavy (non-hydrogen) atoms. The van der Waals surface area contributed by atoms with Gasteiger partial charge in [0.05, 0.1) is 10.7 Å². The maximum Gasteiger partial charge on any atom is 0.254 e. The molecule has 1 aliphatic rings. The molecule has 1 atom stereocenters. The summed E-state index contributed by atoms with van der Waals surface area (Å²) < 4.78 is 0. The van der Waals surface area contributed by atoms with Crippen molar-refractivity contribution < 1.29 is 14.4 Å². The Hall–Kier alpha value is -4.11. The van der Waals surface area contributed by atoms with Gasteiger partial charge in [-0.2, -0.15) is 0 Å². The maximum absolute atomic E-state index is 13.6. The second-order valence-corrected chi connectivity index (χ2v) is 11.3. The molecule has 1 unspecified atom stereocenters. The average Bonchev–Trinajstić information content (AvgIpc) is 3.28. The molecule has 4 N–H and O–H groups in total. The summed E-state index contributed by atoms with van der Waals surface area (Å²) in [7, 11) is 3.38. The van der Waals surface area contributed by atoms with Crippen LogP contribution in [0.3, 0.4) is 0 Å². The van der Waals surface area contributed by atoms with E-state index in [0.717, 1.165) is 12.0 Å². The summed E-state index contributed by atoms with van der Waals surface area (Å²) in [6.45, 7) is 1.84. The van der Waals surface area contributed by atoms with E-state index < -0.39 is 5.92 Å². The van der Waals surface area contributed by atoms with E-state index in [0.29, 0.717) is 53.7 Å². The molecule has 1 aromatic heterocycles. The van der Waals surface area contributed by atoms with Gasteiger partial charge in [0.25, 0.3) is 5.91 Å². The monoisotopic (exact) mass is 606 g/mol. The van der Waals surface area contributed by atoms with Crippen molar-refractivity contribution in [2.75, 3.05) is 30.5 Å². The van der Waals surface area contributed by atoms with Crippen molar-refractivity contribution in [3.63, 3.8) is 0 Å². The largest absolute Gasteiger partial charge is 0.397 e. The number of nitrogens with zero attached hydrogens (tertiary/aromatic N) is 1. The molecule has 10 heteroatoms. The lowest BCUT2D eigenvalue weighted by molar-refractivity contribution is -0.116. The number of halogens is 2. The SMILES string of the molecule is CC1=C(C(=O)Nc2ccccc2)C(c2ccccc2Cl)c2c(sc(C(=O)c3ccc(Cl)cc3)c2N)N1.CN(C)C=O. The van der Waals surface area contributed by atoms with E-state index in [4.69, 9.17) is 28.9 Å². The van der Waals surface area contributed by atoms with Crippen molar-refractivity contribution >= 4 is 69.0 Å². The zero-order valence-electron chi connectivity index (χ0n) is 22.6. The number of fused-ring (bicyclic) bond motifs is 1. The van der Waals surface area contributed by atoms with E-state index in [2.05, 4.69) is 10.6 Å². The molecule has 7 nitrogen and oxygen atoms in total. The Morgan fingerprint density at radius 2 is 1.59 bits per heavy atom. The molecule has 0 spiro atoms. The first kappa shape index (κ1) is 29.9. The Labute approximate surface area is 252 Å². The van der Waals surface area contributed by atoms with Crippen molar-refractivity contribution in [1.29, 1.82) is 0 Å². The molecule has 5 rings (SSSR count). The number of nitrogen functional groups attached to an aromatic ring is 1. The third kappa shape index (κ3) is 6.62. The normalized spacial score (nSPS) is 13.7. The highest BCUT2D eigenvalue weighted by atomic mass is 35.5. The summed E-state index contributed by atoms with van der Waals surface area (Å²) in [6, 6.07) is 23.3. The molecule has 0 aliphatic carbocycles.